The van der Waals surface area contributed by atoms with Crippen LogP contribution in [-0.4, -0.2) is 41.9 Å². The zero-order valence-corrected chi connectivity index (χ0v) is 12.5. The van der Waals surface area contributed by atoms with Gasteiger partial charge in [0.15, 0.2) is 6.10 Å². The van der Waals surface area contributed by atoms with Crippen molar-refractivity contribution in [1.82, 2.24) is 4.90 Å². The highest BCUT2D eigenvalue weighted by Gasteiger charge is 2.39. The summed E-state index contributed by atoms with van der Waals surface area (Å²) in [5.74, 6) is 0. The molecule has 1 aromatic carbocycles. The second-order valence-corrected chi connectivity index (χ2v) is 5.22. The molecule has 0 aromatic heterocycles. The Bertz CT molecular complexity index is 512. The summed E-state index contributed by atoms with van der Waals surface area (Å²) in [6.07, 6.45) is -7.35. The zero-order chi connectivity index (χ0) is 16.4. The lowest BCUT2D eigenvalue weighted by molar-refractivity contribution is -0.205. The first-order valence-corrected chi connectivity index (χ1v) is 6.43. The van der Waals surface area contributed by atoms with Crippen LogP contribution in [0.15, 0.2) is 12.1 Å². The Morgan fingerprint density at radius 3 is 2.29 bits per heavy atom. The summed E-state index contributed by atoms with van der Waals surface area (Å²) >= 11 is 5.86. The third-order valence-corrected chi connectivity index (χ3v) is 3.12. The predicted octanol–water partition coefficient (Wildman–Crippen LogP) is 3.34. The van der Waals surface area contributed by atoms with Gasteiger partial charge in [-0.3, -0.25) is 0 Å². The number of aliphatic hydroxyl groups excluding tert-OH is 1. The molecule has 4 nitrogen and oxygen atoms in total. The number of likely N-dealkylation sites (N-methyl/N-ethyl adjacent to an activating group) is 1. The molecule has 0 bridgehead atoms. The third-order valence-electron chi connectivity index (χ3n) is 2.90. The fraction of sp³-hybridized carbons (Fsp3) is 0.462. The standard InChI is InChI=1S/C13H16ClF3N2O2/c1-7-4-9(14)5-8(2)11(7)18-12(21)19(3)6-10(20)13(15,16)17/h4-5,10,20H,6H2,1-3H3,(H,18,21). The molecule has 1 atom stereocenters. The van der Waals surface area contributed by atoms with E-state index in [0.717, 1.165) is 4.90 Å². The van der Waals surface area contributed by atoms with Crippen molar-refractivity contribution in [2.24, 2.45) is 0 Å². The molecule has 0 aliphatic heterocycles. The summed E-state index contributed by atoms with van der Waals surface area (Å²) < 4.78 is 36.7. The molecule has 1 aromatic rings. The number of carbonyl (C=O) groups excluding carboxylic acids is 1. The Morgan fingerprint density at radius 2 is 1.86 bits per heavy atom. The first-order chi connectivity index (χ1) is 9.52. The Balaban J connectivity index is 2.78. The summed E-state index contributed by atoms with van der Waals surface area (Å²) in [4.78, 5) is 12.6. The third kappa shape index (κ3) is 4.78. The van der Waals surface area contributed by atoms with Crippen molar-refractivity contribution in [2.75, 3.05) is 18.9 Å². The molecule has 0 saturated heterocycles. The maximum absolute atomic E-state index is 12.2. The van der Waals surface area contributed by atoms with Crippen LogP contribution in [0.3, 0.4) is 0 Å². The lowest BCUT2D eigenvalue weighted by Crippen LogP contribution is -2.43. The van der Waals surface area contributed by atoms with Crippen LogP contribution in [0.2, 0.25) is 5.02 Å². The van der Waals surface area contributed by atoms with Gasteiger partial charge in [0.25, 0.3) is 0 Å². The van der Waals surface area contributed by atoms with Gasteiger partial charge in [-0.15, -0.1) is 0 Å². The van der Waals surface area contributed by atoms with E-state index < -0.39 is 24.9 Å². The number of halogens is 4. The van der Waals surface area contributed by atoms with Crippen LogP contribution in [0, 0.1) is 13.8 Å². The van der Waals surface area contributed by atoms with Gasteiger partial charge in [0.05, 0.1) is 6.54 Å². The van der Waals surface area contributed by atoms with Crippen molar-refractivity contribution in [1.29, 1.82) is 0 Å². The number of rotatable bonds is 3. The molecule has 0 saturated carbocycles. The minimum atomic E-state index is -4.76. The van der Waals surface area contributed by atoms with E-state index >= 15 is 0 Å². The van der Waals surface area contributed by atoms with Crippen molar-refractivity contribution in [2.45, 2.75) is 26.1 Å². The second-order valence-electron chi connectivity index (χ2n) is 4.78. The van der Waals surface area contributed by atoms with E-state index in [9.17, 15) is 18.0 Å². The highest BCUT2D eigenvalue weighted by atomic mass is 35.5. The van der Waals surface area contributed by atoms with Gasteiger partial charge in [0.1, 0.15) is 0 Å². The first kappa shape index (κ1) is 17.6. The second kappa shape index (κ2) is 6.53. The van der Waals surface area contributed by atoms with Gasteiger partial charge in [-0.1, -0.05) is 11.6 Å². The molecule has 0 radical (unpaired) electrons. The van der Waals surface area contributed by atoms with Crippen molar-refractivity contribution in [3.63, 3.8) is 0 Å². The molecule has 1 rings (SSSR count). The van der Waals surface area contributed by atoms with E-state index in [1.807, 2.05) is 0 Å². The van der Waals surface area contributed by atoms with Crippen LogP contribution in [0.5, 0.6) is 0 Å². The number of nitrogens with zero attached hydrogens (tertiary/aromatic N) is 1. The van der Waals surface area contributed by atoms with Gasteiger partial charge in [-0.05, 0) is 37.1 Å². The maximum atomic E-state index is 12.2. The summed E-state index contributed by atoms with van der Waals surface area (Å²) in [5, 5.41) is 12.0. The number of nitrogens with one attached hydrogen (secondary N) is 1. The summed E-state index contributed by atoms with van der Waals surface area (Å²) in [6.45, 7) is 2.60. The Labute approximate surface area is 125 Å². The van der Waals surface area contributed by atoms with Crippen LogP contribution in [0.1, 0.15) is 11.1 Å². The number of hydrogen-bond donors (Lipinski definition) is 2. The number of hydrogen-bond acceptors (Lipinski definition) is 2. The summed E-state index contributed by atoms with van der Waals surface area (Å²) in [5.41, 5.74) is 1.87. The molecule has 0 aliphatic rings. The number of aryl methyl sites for hydroxylation is 2. The van der Waals surface area contributed by atoms with E-state index in [4.69, 9.17) is 16.7 Å². The van der Waals surface area contributed by atoms with Crippen molar-refractivity contribution < 1.29 is 23.1 Å². The minimum absolute atomic E-state index is 0.484. The van der Waals surface area contributed by atoms with E-state index in [-0.39, 0.29) is 0 Å². The highest BCUT2D eigenvalue weighted by Crippen LogP contribution is 2.25. The molecule has 0 spiro atoms. The largest absolute Gasteiger partial charge is 0.416 e. The fourth-order valence-corrected chi connectivity index (χ4v) is 2.08. The SMILES string of the molecule is Cc1cc(Cl)cc(C)c1NC(=O)N(C)CC(O)C(F)(F)F. The lowest BCUT2D eigenvalue weighted by Gasteiger charge is -2.23. The van der Waals surface area contributed by atoms with Crippen molar-refractivity contribution in [3.8, 4) is 0 Å². The molecule has 2 N–H and O–H groups in total. The van der Waals surface area contributed by atoms with Gasteiger partial charge < -0.3 is 15.3 Å². The number of carbonyl (C=O) groups is 1. The minimum Gasteiger partial charge on any atom is -0.382 e. The Morgan fingerprint density at radius 1 is 1.38 bits per heavy atom. The zero-order valence-electron chi connectivity index (χ0n) is 11.8. The molecule has 8 heteroatoms. The van der Waals surface area contributed by atoms with Gasteiger partial charge in [0, 0.05) is 17.8 Å². The fourth-order valence-electron chi connectivity index (χ4n) is 1.76. The molecule has 0 aliphatic carbocycles. The van der Waals surface area contributed by atoms with E-state index in [0.29, 0.717) is 21.8 Å². The number of benzene rings is 1. The molecule has 0 fully saturated rings. The molecule has 0 heterocycles. The average molecular weight is 325 g/mol. The number of aliphatic hydroxyl groups is 1. The highest BCUT2D eigenvalue weighted by molar-refractivity contribution is 6.30. The summed E-state index contributed by atoms with van der Waals surface area (Å²) in [6, 6.07) is 2.52. The van der Waals surface area contributed by atoms with E-state index in [1.165, 1.54) is 7.05 Å². The molecule has 118 valence electrons. The summed E-state index contributed by atoms with van der Waals surface area (Å²) in [7, 11) is 1.17. The predicted molar refractivity (Wildman–Crippen MR) is 74.6 cm³/mol. The van der Waals surface area contributed by atoms with Crippen LogP contribution in [0.4, 0.5) is 23.7 Å². The molecule has 21 heavy (non-hydrogen) atoms. The molecule has 1 unspecified atom stereocenters. The number of alkyl halides is 3. The van der Waals surface area contributed by atoms with E-state index in [1.54, 1.807) is 26.0 Å². The normalized spacial score (nSPS) is 13.0. The monoisotopic (exact) mass is 324 g/mol. The van der Waals surface area contributed by atoms with Gasteiger partial charge in [0.2, 0.25) is 0 Å². The van der Waals surface area contributed by atoms with E-state index in [2.05, 4.69) is 5.32 Å². The average Bonchev–Trinajstić information content (AvgIpc) is 2.31. The van der Waals surface area contributed by atoms with Crippen LogP contribution in [0.25, 0.3) is 0 Å². The maximum Gasteiger partial charge on any atom is 0.416 e. The Hall–Kier alpha value is -1.47. The van der Waals surface area contributed by atoms with Crippen LogP contribution >= 0.6 is 11.6 Å². The van der Waals surface area contributed by atoms with Gasteiger partial charge >= 0.3 is 12.2 Å². The molecular formula is C13H16ClF3N2O2. The molecular weight excluding hydrogens is 309 g/mol. The quantitative estimate of drug-likeness (QED) is 0.896. The van der Waals surface area contributed by atoms with Crippen LogP contribution < -0.4 is 5.32 Å². The van der Waals surface area contributed by atoms with Crippen molar-refractivity contribution >= 4 is 23.3 Å². The van der Waals surface area contributed by atoms with Gasteiger partial charge in [-0.25, -0.2) is 4.79 Å². The van der Waals surface area contributed by atoms with Gasteiger partial charge in [-0.2, -0.15) is 13.2 Å². The van der Waals surface area contributed by atoms with Crippen molar-refractivity contribution in [3.05, 3.63) is 28.3 Å². The first-order valence-electron chi connectivity index (χ1n) is 6.06. The number of amides is 2. The van der Waals surface area contributed by atoms with Crippen LogP contribution in [-0.2, 0) is 0 Å². The topological polar surface area (TPSA) is 52.6 Å². The Kier molecular flexibility index (Phi) is 5.47. The lowest BCUT2D eigenvalue weighted by atomic mass is 10.1. The number of urea groups is 1. The number of anilines is 1. The smallest absolute Gasteiger partial charge is 0.382 e. The molecule has 2 amide bonds.